The molecule has 1 saturated heterocycles. The van der Waals surface area contributed by atoms with E-state index in [4.69, 9.17) is 0 Å². The number of rotatable bonds is 5. The molecule has 1 aliphatic rings. The van der Waals surface area contributed by atoms with E-state index in [1.165, 1.54) is 15.3 Å². The smallest absolute Gasteiger partial charge is 0.322 e. The van der Waals surface area contributed by atoms with Crippen LogP contribution in [-0.2, 0) is 6.54 Å². The summed E-state index contributed by atoms with van der Waals surface area (Å²) in [5.74, 6) is -0.389. The zero-order chi connectivity index (χ0) is 21.3. The van der Waals surface area contributed by atoms with Crippen LogP contribution in [0, 0.1) is 17.0 Å². The number of aromatic nitrogens is 2. The number of halogens is 1. The minimum absolute atomic E-state index is 0.108. The summed E-state index contributed by atoms with van der Waals surface area (Å²) in [4.78, 5) is 29.8. The molecule has 156 valence electrons. The normalized spacial score (nSPS) is 14.8. The average Bonchev–Trinajstić information content (AvgIpc) is 3.35. The molecule has 2 aromatic heterocycles. The van der Waals surface area contributed by atoms with Crippen molar-refractivity contribution >= 4 is 38.9 Å². The zero-order valence-electron chi connectivity index (χ0n) is 16.3. The molecule has 0 spiro atoms. The first kappa shape index (κ1) is 20.7. The Bertz CT molecular complexity index is 1070. The number of hydrogen-bond donors (Lipinski definition) is 1. The van der Waals surface area contributed by atoms with Crippen molar-refractivity contribution in [1.29, 1.82) is 0 Å². The number of nitrogens with zero attached hydrogens (tertiary/aromatic N) is 4. The maximum Gasteiger partial charge on any atom is 0.322 e. The van der Waals surface area contributed by atoms with Crippen molar-refractivity contribution in [1.82, 2.24) is 20.0 Å². The Morgan fingerprint density at radius 2 is 1.90 bits per heavy atom. The lowest BCUT2D eigenvalue weighted by molar-refractivity contribution is -0.385. The molecule has 0 saturated carbocycles. The monoisotopic (exact) mass is 489 g/mol. The summed E-state index contributed by atoms with van der Waals surface area (Å²) in [6.45, 7) is 4.84. The molecule has 0 atom stereocenters. The standard InChI is InChI=1S/C20H20BrN5O3S/c1-13-19(26(28)29)18(23-22-13)20(27)25-10-8-24(9-11-25)12-16-6-7-17(30-16)14-2-4-15(21)5-3-14/h2-7H,8-12H2,1H3,(H,22,23). The molecule has 0 radical (unpaired) electrons. The number of H-pyrrole nitrogens is 1. The maximum atomic E-state index is 12.7. The van der Waals surface area contributed by atoms with E-state index in [1.807, 2.05) is 12.1 Å². The second-order valence-electron chi connectivity index (χ2n) is 7.14. The Kier molecular flexibility index (Phi) is 5.98. The van der Waals surface area contributed by atoms with Gasteiger partial charge in [0, 0.05) is 47.0 Å². The van der Waals surface area contributed by atoms with E-state index in [2.05, 4.69) is 55.3 Å². The Balaban J connectivity index is 1.36. The van der Waals surface area contributed by atoms with Crippen molar-refractivity contribution in [2.45, 2.75) is 13.5 Å². The Labute approximate surface area is 185 Å². The number of nitro groups is 1. The summed E-state index contributed by atoms with van der Waals surface area (Å²) in [5.41, 5.74) is 1.15. The minimum Gasteiger partial charge on any atom is -0.334 e. The molecule has 30 heavy (non-hydrogen) atoms. The highest BCUT2D eigenvalue weighted by Gasteiger charge is 2.32. The van der Waals surface area contributed by atoms with E-state index in [0.29, 0.717) is 31.9 Å². The Hall–Kier alpha value is -2.56. The van der Waals surface area contributed by atoms with Gasteiger partial charge in [-0.1, -0.05) is 28.1 Å². The van der Waals surface area contributed by atoms with Crippen LogP contribution in [0.15, 0.2) is 40.9 Å². The summed E-state index contributed by atoms with van der Waals surface area (Å²) in [6.07, 6.45) is 0. The molecule has 0 bridgehead atoms. The number of piperazine rings is 1. The summed E-state index contributed by atoms with van der Waals surface area (Å²) in [7, 11) is 0. The molecule has 1 aliphatic heterocycles. The summed E-state index contributed by atoms with van der Waals surface area (Å²) in [6, 6.07) is 12.6. The van der Waals surface area contributed by atoms with Gasteiger partial charge in [-0.3, -0.25) is 24.9 Å². The van der Waals surface area contributed by atoms with Crippen LogP contribution in [0.5, 0.6) is 0 Å². The quantitative estimate of drug-likeness (QED) is 0.430. The fraction of sp³-hybridized carbons (Fsp3) is 0.300. The van der Waals surface area contributed by atoms with Crippen molar-refractivity contribution in [3.63, 3.8) is 0 Å². The third kappa shape index (κ3) is 4.30. The first-order valence-corrected chi connectivity index (χ1v) is 11.1. The van der Waals surface area contributed by atoms with Gasteiger partial charge in [0.05, 0.1) is 4.92 Å². The topological polar surface area (TPSA) is 95.4 Å². The van der Waals surface area contributed by atoms with E-state index >= 15 is 0 Å². The van der Waals surface area contributed by atoms with Crippen molar-refractivity contribution < 1.29 is 9.72 Å². The number of carbonyl (C=O) groups is 1. The van der Waals surface area contributed by atoms with Gasteiger partial charge in [-0.05, 0) is 36.8 Å². The lowest BCUT2D eigenvalue weighted by Gasteiger charge is -2.34. The van der Waals surface area contributed by atoms with Gasteiger partial charge in [0.15, 0.2) is 0 Å². The van der Waals surface area contributed by atoms with Gasteiger partial charge in [0.25, 0.3) is 5.91 Å². The number of aryl methyl sites for hydroxylation is 1. The lowest BCUT2D eigenvalue weighted by atomic mass is 10.2. The first-order chi connectivity index (χ1) is 14.4. The largest absolute Gasteiger partial charge is 0.334 e. The third-order valence-corrected chi connectivity index (χ3v) is 6.78. The van der Waals surface area contributed by atoms with Crippen molar-refractivity contribution in [2.75, 3.05) is 26.2 Å². The van der Waals surface area contributed by atoms with Crippen molar-refractivity contribution in [2.24, 2.45) is 0 Å². The van der Waals surface area contributed by atoms with Crippen LogP contribution in [0.25, 0.3) is 10.4 Å². The van der Waals surface area contributed by atoms with Crippen LogP contribution in [-0.4, -0.2) is 57.0 Å². The number of aromatic amines is 1. The number of benzene rings is 1. The van der Waals surface area contributed by atoms with E-state index in [-0.39, 0.29) is 17.3 Å². The second kappa shape index (κ2) is 8.66. The fourth-order valence-corrected chi connectivity index (χ4v) is 4.83. The number of carbonyl (C=O) groups excluding carboxylic acids is 1. The molecule has 1 fully saturated rings. The van der Waals surface area contributed by atoms with Gasteiger partial charge < -0.3 is 4.90 Å². The highest BCUT2D eigenvalue weighted by Crippen LogP contribution is 2.30. The number of thiophene rings is 1. The summed E-state index contributed by atoms with van der Waals surface area (Å²) in [5, 5.41) is 17.6. The van der Waals surface area contributed by atoms with Crippen LogP contribution < -0.4 is 0 Å². The molecule has 8 nitrogen and oxygen atoms in total. The SMILES string of the molecule is Cc1[nH]nc(C(=O)N2CCN(Cc3ccc(-c4ccc(Br)cc4)s3)CC2)c1[N+](=O)[O-]. The molecule has 3 heterocycles. The number of amides is 1. The van der Waals surface area contributed by atoms with Gasteiger partial charge in [-0.15, -0.1) is 11.3 Å². The molecule has 4 rings (SSSR count). The Morgan fingerprint density at radius 1 is 1.20 bits per heavy atom. The van der Waals surface area contributed by atoms with Gasteiger partial charge in [0.2, 0.25) is 5.69 Å². The molecule has 0 unspecified atom stereocenters. The molecule has 1 amide bonds. The van der Waals surface area contributed by atoms with E-state index < -0.39 is 4.92 Å². The maximum absolute atomic E-state index is 12.7. The molecular formula is C20H20BrN5O3S. The minimum atomic E-state index is -0.553. The highest BCUT2D eigenvalue weighted by atomic mass is 79.9. The number of hydrogen-bond acceptors (Lipinski definition) is 6. The zero-order valence-corrected chi connectivity index (χ0v) is 18.7. The summed E-state index contributed by atoms with van der Waals surface area (Å²) >= 11 is 5.23. The van der Waals surface area contributed by atoms with Gasteiger partial charge in [-0.25, -0.2) is 0 Å². The predicted octanol–water partition coefficient (Wildman–Crippen LogP) is 4.08. The van der Waals surface area contributed by atoms with Crippen LogP contribution >= 0.6 is 27.3 Å². The lowest BCUT2D eigenvalue weighted by Crippen LogP contribution is -2.48. The number of nitrogens with one attached hydrogen (secondary N) is 1. The Morgan fingerprint density at radius 3 is 2.57 bits per heavy atom. The van der Waals surface area contributed by atoms with E-state index in [1.54, 1.807) is 23.2 Å². The summed E-state index contributed by atoms with van der Waals surface area (Å²) < 4.78 is 1.06. The van der Waals surface area contributed by atoms with Crippen LogP contribution in [0.2, 0.25) is 0 Å². The molecule has 0 aliphatic carbocycles. The van der Waals surface area contributed by atoms with Crippen molar-refractivity contribution in [3.8, 4) is 10.4 Å². The van der Waals surface area contributed by atoms with Gasteiger partial charge in [-0.2, -0.15) is 5.10 Å². The molecular weight excluding hydrogens is 470 g/mol. The van der Waals surface area contributed by atoms with Gasteiger partial charge >= 0.3 is 5.69 Å². The average molecular weight is 490 g/mol. The third-order valence-electron chi connectivity index (χ3n) is 5.13. The molecule has 10 heteroatoms. The highest BCUT2D eigenvalue weighted by molar-refractivity contribution is 9.10. The first-order valence-electron chi connectivity index (χ1n) is 9.48. The molecule has 1 N–H and O–H groups in total. The fourth-order valence-electron chi connectivity index (χ4n) is 3.51. The van der Waals surface area contributed by atoms with Crippen molar-refractivity contribution in [3.05, 3.63) is 67.3 Å². The molecule has 1 aromatic carbocycles. The van der Waals surface area contributed by atoms with Crippen LogP contribution in [0.1, 0.15) is 21.1 Å². The second-order valence-corrected chi connectivity index (χ2v) is 9.23. The van der Waals surface area contributed by atoms with E-state index in [9.17, 15) is 14.9 Å². The predicted molar refractivity (Wildman–Crippen MR) is 119 cm³/mol. The van der Waals surface area contributed by atoms with Crippen LogP contribution in [0.4, 0.5) is 5.69 Å². The van der Waals surface area contributed by atoms with Crippen LogP contribution in [0.3, 0.4) is 0 Å². The molecule has 3 aromatic rings. The van der Waals surface area contributed by atoms with Gasteiger partial charge in [0.1, 0.15) is 5.69 Å². The van der Waals surface area contributed by atoms with E-state index in [0.717, 1.165) is 11.0 Å².